The van der Waals surface area contributed by atoms with Gasteiger partial charge >= 0.3 is 6.09 Å². The Balaban J connectivity index is 1.88. The van der Waals surface area contributed by atoms with Crippen molar-refractivity contribution in [1.29, 1.82) is 0 Å². The van der Waals surface area contributed by atoms with E-state index in [2.05, 4.69) is 15.4 Å². The maximum atomic E-state index is 13.7. The molecular weight excluding hydrogens is 538 g/mol. The summed E-state index contributed by atoms with van der Waals surface area (Å²) in [6.07, 6.45) is 7.16. The van der Waals surface area contributed by atoms with Gasteiger partial charge in [0.1, 0.15) is 23.2 Å². The maximum absolute atomic E-state index is 13.7. The second-order valence-electron chi connectivity index (χ2n) is 12.2. The van der Waals surface area contributed by atoms with E-state index in [4.69, 9.17) is 10.5 Å². The average molecular weight is 584 g/mol. The largest absolute Gasteiger partial charge is 0.444 e. The van der Waals surface area contributed by atoms with Gasteiger partial charge in [0.15, 0.2) is 0 Å². The molecule has 13 heteroatoms. The molecule has 4 amide bonds. The summed E-state index contributed by atoms with van der Waals surface area (Å²) in [5.41, 5.74) is 3.98. The van der Waals surface area contributed by atoms with Gasteiger partial charge in [0.25, 0.3) is 5.91 Å². The van der Waals surface area contributed by atoms with E-state index in [0.717, 1.165) is 19.3 Å². The van der Waals surface area contributed by atoms with Gasteiger partial charge in [-0.15, -0.1) is 0 Å². The molecule has 0 bridgehead atoms. The van der Waals surface area contributed by atoms with Gasteiger partial charge in [-0.2, -0.15) is 0 Å². The molecule has 2 aliphatic heterocycles. The van der Waals surface area contributed by atoms with Crippen molar-refractivity contribution in [3.05, 3.63) is 12.2 Å². The van der Waals surface area contributed by atoms with Gasteiger partial charge in [0, 0.05) is 18.5 Å². The second kappa shape index (κ2) is 12.5. The van der Waals surface area contributed by atoms with Crippen LogP contribution in [0, 0.1) is 5.92 Å². The number of allylic oxidation sites excluding steroid dienone is 1. The Labute approximate surface area is 237 Å². The number of hydrogen-bond acceptors (Lipinski definition) is 8. The number of carbonyl (C=O) groups excluding carboxylic acids is 4. The van der Waals surface area contributed by atoms with Gasteiger partial charge < -0.3 is 26.0 Å². The van der Waals surface area contributed by atoms with Crippen LogP contribution in [-0.2, 0) is 29.1 Å². The third-order valence-corrected chi connectivity index (χ3v) is 9.61. The van der Waals surface area contributed by atoms with Crippen molar-refractivity contribution < 1.29 is 32.3 Å². The van der Waals surface area contributed by atoms with Gasteiger partial charge in [-0.05, 0) is 66.2 Å². The van der Waals surface area contributed by atoms with Gasteiger partial charge in [-0.25, -0.2) is 13.2 Å². The lowest BCUT2D eigenvalue weighted by molar-refractivity contribution is -0.141. The first-order valence-corrected chi connectivity index (χ1v) is 15.7. The van der Waals surface area contributed by atoms with Crippen LogP contribution in [-0.4, -0.2) is 78.2 Å². The Morgan fingerprint density at radius 3 is 2.60 bits per heavy atom. The molecule has 12 nitrogen and oxygen atoms in total. The fraction of sp³-hybridized carbons (Fsp3) is 0.778. The number of ether oxygens (including phenoxy) is 1. The molecule has 0 aromatic carbocycles. The molecule has 2 heterocycles. The molecule has 6 atom stereocenters. The van der Waals surface area contributed by atoms with Gasteiger partial charge in [-0.1, -0.05) is 31.9 Å². The Bertz CT molecular complexity index is 1120. The summed E-state index contributed by atoms with van der Waals surface area (Å²) in [6, 6.07) is -2.37. The van der Waals surface area contributed by atoms with Crippen LogP contribution in [0.4, 0.5) is 4.79 Å². The molecule has 1 unspecified atom stereocenters. The first-order valence-electron chi connectivity index (χ1n) is 14.2. The summed E-state index contributed by atoms with van der Waals surface area (Å²) >= 11 is 0. The number of amides is 4. The number of sulfonamides is 1. The highest BCUT2D eigenvalue weighted by Gasteiger charge is 2.61. The van der Waals surface area contributed by atoms with Gasteiger partial charge in [-0.3, -0.25) is 19.1 Å². The molecule has 3 rings (SSSR count). The molecule has 1 aliphatic carbocycles. The topological polar surface area (TPSA) is 177 Å². The normalized spacial score (nSPS) is 31.4. The molecule has 5 N–H and O–H groups in total. The van der Waals surface area contributed by atoms with E-state index in [1.165, 1.54) is 11.8 Å². The van der Waals surface area contributed by atoms with E-state index >= 15 is 0 Å². The van der Waals surface area contributed by atoms with Crippen LogP contribution in [0.25, 0.3) is 0 Å². The molecule has 2 fully saturated rings. The quantitative estimate of drug-likeness (QED) is 0.351. The molecule has 0 spiro atoms. The van der Waals surface area contributed by atoms with Crippen LogP contribution < -0.4 is 21.1 Å². The van der Waals surface area contributed by atoms with E-state index < -0.39 is 68.4 Å². The molecule has 0 aromatic rings. The smallest absolute Gasteiger partial charge is 0.408 e. The number of fused-ring (bicyclic) bond motifs is 2. The van der Waals surface area contributed by atoms with Crippen LogP contribution >= 0.6 is 0 Å². The summed E-state index contributed by atoms with van der Waals surface area (Å²) in [5.74, 6) is -2.20. The molecular formula is C27H45N5O7S. The van der Waals surface area contributed by atoms with E-state index in [1.807, 2.05) is 12.2 Å². The van der Waals surface area contributed by atoms with E-state index in [0.29, 0.717) is 19.3 Å². The van der Waals surface area contributed by atoms with Gasteiger partial charge in [0.2, 0.25) is 21.8 Å². The van der Waals surface area contributed by atoms with Crippen molar-refractivity contribution >= 4 is 33.8 Å². The number of hydrogen-bond donors (Lipinski definition) is 4. The lowest BCUT2D eigenvalue weighted by Crippen LogP contribution is -2.58. The van der Waals surface area contributed by atoms with Crippen molar-refractivity contribution in [3.8, 4) is 0 Å². The highest BCUT2D eigenvalue weighted by atomic mass is 32.2. The number of nitrogens with zero attached hydrogens (tertiary/aromatic N) is 1. The molecule has 3 aliphatic rings. The highest BCUT2D eigenvalue weighted by Crippen LogP contribution is 2.45. The number of carbonyl (C=O) groups is 4. The van der Waals surface area contributed by atoms with Crippen molar-refractivity contribution in [2.24, 2.45) is 11.7 Å². The Hall–Kier alpha value is -2.67. The molecule has 1 saturated heterocycles. The first-order chi connectivity index (χ1) is 18.6. The zero-order valence-corrected chi connectivity index (χ0v) is 25.0. The summed E-state index contributed by atoms with van der Waals surface area (Å²) in [5, 5.41) is 4.68. The molecule has 0 radical (unpaired) electrons. The van der Waals surface area contributed by atoms with E-state index in [9.17, 15) is 27.6 Å². The average Bonchev–Trinajstić information content (AvgIpc) is 3.40. The van der Waals surface area contributed by atoms with Crippen molar-refractivity contribution in [2.45, 2.75) is 121 Å². The minimum absolute atomic E-state index is 0.105. The summed E-state index contributed by atoms with van der Waals surface area (Å²) in [6.45, 7) is 8.50. The molecule has 226 valence electrons. The van der Waals surface area contributed by atoms with Crippen molar-refractivity contribution in [3.63, 3.8) is 0 Å². The van der Waals surface area contributed by atoms with E-state index in [-0.39, 0.29) is 25.3 Å². The zero-order chi connectivity index (χ0) is 29.9. The van der Waals surface area contributed by atoms with E-state index in [1.54, 1.807) is 27.7 Å². The minimum atomic E-state index is -3.93. The fourth-order valence-corrected chi connectivity index (χ4v) is 6.22. The Morgan fingerprint density at radius 2 is 1.95 bits per heavy atom. The number of alkyl carbamates (subject to hydrolysis) is 1. The van der Waals surface area contributed by atoms with Gasteiger partial charge in [0.05, 0.1) is 5.25 Å². The lowest BCUT2D eigenvalue weighted by atomic mass is 10.0. The summed E-state index contributed by atoms with van der Waals surface area (Å²) < 4.78 is 32.8. The van der Waals surface area contributed by atoms with Crippen LogP contribution in [0.5, 0.6) is 0 Å². The third kappa shape index (κ3) is 7.74. The number of nitrogens with two attached hydrogens (primary N) is 1. The molecule has 1 saturated carbocycles. The predicted octanol–water partition coefficient (Wildman–Crippen LogP) is 1.45. The number of nitrogens with one attached hydrogen (secondary N) is 3. The monoisotopic (exact) mass is 583 g/mol. The SMILES string of the molecule is CCC(C)S(=O)(=O)NC(=O)[C@@]12C[C@H]1/C=C\CCCCC[C@H](NC(=O)OC(C)(C)C)C(=O)N1C[C@H](N)C[C@H]1C(=O)N2. The van der Waals surface area contributed by atoms with Crippen molar-refractivity contribution in [2.75, 3.05) is 6.54 Å². The summed E-state index contributed by atoms with van der Waals surface area (Å²) in [4.78, 5) is 54.6. The predicted molar refractivity (Wildman–Crippen MR) is 149 cm³/mol. The summed E-state index contributed by atoms with van der Waals surface area (Å²) in [7, 11) is -3.93. The Kier molecular flexibility index (Phi) is 9.92. The van der Waals surface area contributed by atoms with Crippen LogP contribution in [0.3, 0.4) is 0 Å². The first kappa shape index (κ1) is 31.9. The zero-order valence-electron chi connectivity index (χ0n) is 24.2. The highest BCUT2D eigenvalue weighted by molar-refractivity contribution is 7.90. The van der Waals surface area contributed by atoms with Crippen molar-refractivity contribution in [1.82, 2.24) is 20.3 Å². The second-order valence-corrected chi connectivity index (χ2v) is 14.3. The number of rotatable bonds is 5. The maximum Gasteiger partial charge on any atom is 0.408 e. The Morgan fingerprint density at radius 1 is 1.25 bits per heavy atom. The fourth-order valence-electron chi connectivity index (χ4n) is 5.14. The van der Waals surface area contributed by atoms with Crippen LogP contribution in [0.2, 0.25) is 0 Å². The molecule has 40 heavy (non-hydrogen) atoms. The molecule has 0 aromatic heterocycles. The van der Waals surface area contributed by atoms with Crippen LogP contribution in [0.1, 0.15) is 86.0 Å². The standard InChI is InChI=1S/C27H45N5O7S/c1-6-17(2)40(37,38)31-24(35)27-15-18(27)12-10-8-7-9-11-13-20(29-25(36)39-26(3,4)5)23(34)32-16-19(28)14-21(32)22(33)30-27/h10,12,17-21H,6-9,11,13-16,28H2,1-5H3,(H,29,36)(H,30,33)(H,31,35)/b12-10-/t17?,18-,19-,20+,21+,27-/m1/s1. The minimum Gasteiger partial charge on any atom is -0.444 e. The van der Waals surface area contributed by atoms with Crippen LogP contribution in [0.15, 0.2) is 12.2 Å². The lowest BCUT2D eigenvalue weighted by Gasteiger charge is -2.30. The third-order valence-electron chi connectivity index (χ3n) is 7.75.